The molecule has 2 aliphatic heterocycles. The summed E-state index contributed by atoms with van der Waals surface area (Å²) in [4.78, 5) is 0. The standard InChI is InChI=1S/C14H17ClO4/c15-11-5-2-1-4-10(11)13-14(9-16,19-13)8-12-17-6-3-7-18-12/h1-2,4-5,12-13,16H,3,6-9H2/t13-,14-/m0/s1. The zero-order chi connectivity index (χ0) is 13.3. The van der Waals surface area contributed by atoms with Crippen LogP contribution < -0.4 is 0 Å². The van der Waals surface area contributed by atoms with Gasteiger partial charge in [-0.05, 0) is 12.5 Å². The molecule has 0 unspecified atom stereocenters. The van der Waals surface area contributed by atoms with Gasteiger partial charge in [0, 0.05) is 17.0 Å². The van der Waals surface area contributed by atoms with Crippen LogP contribution in [0.2, 0.25) is 5.02 Å². The van der Waals surface area contributed by atoms with Crippen LogP contribution in [-0.4, -0.2) is 36.8 Å². The summed E-state index contributed by atoms with van der Waals surface area (Å²) in [6.45, 7) is 1.33. The number of benzene rings is 1. The second-order valence-electron chi connectivity index (χ2n) is 4.97. The normalized spacial score (nSPS) is 31.4. The van der Waals surface area contributed by atoms with Gasteiger partial charge in [-0.25, -0.2) is 0 Å². The molecule has 2 heterocycles. The van der Waals surface area contributed by atoms with Crippen LogP contribution in [0.5, 0.6) is 0 Å². The van der Waals surface area contributed by atoms with Gasteiger partial charge in [0.1, 0.15) is 11.7 Å². The zero-order valence-electron chi connectivity index (χ0n) is 10.5. The van der Waals surface area contributed by atoms with Crippen molar-refractivity contribution in [3.05, 3.63) is 34.9 Å². The summed E-state index contributed by atoms with van der Waals surface area (Å²) < 4.78 is 16.8. The van der Waals surface area contributed by atoms with Gasteiger partial charge in [0.05, 0.1) is 19.8 Å². The van der Waals surface area contributed by atoms with Crippen molar-refractivity contribution in [3.63, 3.8) is 0 Å². The maximum atomic E-state index is 9.63. The number of aliphatic hydroxyl groups is 1. The second kappa shape index (κ2) is 5.38. The van der Waals surface area contributed by atoms with E-state index in [9.17, 15) is 5.11 Å². The number of halogens is 1. The molecule has 1 N–H and O–H groups in total. The van der Waals surface area contributed by atoms with Crippen LogP contribution in [0.3, 0.4) is 0 Å². The van der Waals surface area contributed by atoms with Gasteiger partial charge in [-0.1, -0.05) is 29.8 Å². The third kappa shape index (κ3) is 2.64. The van der Waals surface area contributed by atoms with E-state index in [0.29, 0.717) is 24.7 Å². The monoisotopic (exact) mass is 284 g/mol. The van der Waals surface area contributed by atoms with E-state index in [-0.39, 0.29) is 19.0 Å². The van der Waals surface area contributed by atoms with E-state index < -0.39 is 5.60 Å². The third-order valence-electron chi connectivity index (χ3n) is 3.64. The fourth-order valence-electron chi connectivity index (χ4n) is 2.51. The highest BCUT2D eigenvalue weighted by Gasteiger charge is 2.58. The number of hydrogen-bond acceptors (Lipinski definition) is 4. The maximum absolute atomic E-state index is 9.63. The van der Waals surface area contributed by atoms with Crippen LogP contribution in [0.1, 0.15) is 24.5 Å². The molecule has 0 amide bonds. The molecule has 0 saturated carbocycles. The summed E-state index contributed by atoms with van der Waals surface area (Å²) in [7, 11) is 0. The molecule has 0 spiro atoms. The molecule has 5 heteroatoms. The molecule has 0 aliphatic carbocycles. The average Bonchev–Trinajstić information content (AvgIpc) is 3.15. The average molecular weight is 285 g/mol. The number of hydrogen-bond donors (Lipinski definition) is 1. The van der Waals surface area contributed by atoms with Crippen molar-refractivity contribution in [2.75, 3.05) is 19.8 Å². The lowest BCUT2D eigenvalue weighted by Crippen LogP contribution is -2.32. The molecule has 1 aromatic rings. The highest BCUT2D eigenvalue weighted by atomic mass is 35.5. The van der Waals surface area contributed by atoms with Gasteiger partial charge in [0.15, 0.2) is 6.29 Å². The Morgan fingerprint density at radius 3 is 2.68 bits per heavy atom. The maximum Gasteiger partial charge on any atom is 0.160 e. The molecule has 2 saturated heterocycles. The summed E-state index contributed by atoms with van der Waals surface area (Å²) in [5, 5.41) is 10.3. The molecule has 0 aromatic heterocycles. The lowest BCUT2D eigenvalue weighted by atomic mass is 9.96. The van der Waals surface area contributed by atoms with Crippen LogP contribution >= 0.6 is 11.6 Å². The molecule has 2 aliphatic rings. The summed E-state index contributed by atoms with van der Waals surface area (Å²) in [5.41, 5.74) is 0.293. The van der Waals surface area contributed by atoms with Crippen molar-refractivity contribution in [1.82, 2.24) is 0 Å². The van der Waals surface area contributed by atoms with Gasteiger partial charge in [-0.15, -0.1) is 0 Å². The van der Waals surface area contributed by atoms with Crippen LogP contribution in [0.15, 0.2) is 24.3 Å². The van der Waals surface area contributed by atoms with Gasteiger partial charge in [-0.2, -0.15) is 0 Å². The van der Waals surface area contributed by atoms with Gasteiger partial charge >= 0.3 is 0 Å². The number of rotatable bonds is 4. The summed E-state index contributed by atoms with van der Waals surface area (Å²) >= 11 is 6.16. The molecule has 3 rings (SSSR count). The van der Waals surface area contributed by atoms with Crippen molar-refractivity contribution in [1.29, 1.82) is 0 Å². The smallest absolute Gasteiger partial charge is 0.160 e. The van der Waals surface area contributed by atoms with E-state index >= 15 is 0 Å². The van der Waals surface area contributed by atoms with Gasteiger partial charge < -0.3 is 19.3 Å². The Balaban J connectivity index is 1.71. The van der Waals surface area contributed by atoms with Crippen molar-refractivity contribution in [2.24, 2.45) is 0 Å². The lowest BCUT2D eigenvalue weighted by Gasteiger charge is -2.25. The van der Waals surface area contributed by atoms with Crippen LogP contribution in [0.4, 0.5) is 0 Å². The van der Waals surface area contributed by atoms with Crippen molar-refractivity contribution in [3.8, 4) is 0 Å². The number of ether oxygens (including phenoxy) is 3. The molecule has 19 heavy (non-hydrogen) atoms. The SMILES string of the molecule is OC[C@]1(CC2OCCCO2)O[C@H]1c1ccccc1Cl. The van der Waals surface area contributed by atoms with Gasteiger partial charge in [0.2, 0.25) is 0 Å². The van der Waals surface area contributed by atoms with Crippen LogP contribution in [-0.2, 0) is 14.2 Å². The second-order valence-corrected chi connectivity index (χ2v) is 5.38. The quantitative estimate of drug-likeness (QED) is 0.862. The molecule has 0 bridgehead atoms. The Bertz CT molecular complexity index is 447. The van der Waals surface area contributed by atoms with Gasteiger partial charge in [-0.3, -0.25) is 0 Å². The topological polar surface area (TPSA) is 51.2 Å². The minimum Gasteiger partial charge on any atom is -0.393 e. The Labute approximate surface area is 117 Å². The summed E-state index contributed by atoms with van der Waals surface area (Å²) in [6.07, 6.45) is 0.963. The first kappa shape index (κ1) is 13.3. The Morgan fingerprint density at radius 2 is 2.00 bits per heavy atom. The first-order chi connectivity index (χ1) is 9.25. The van der Waals surface area contributed by atoms with Crippen LogP contribution in [0, 0.1) is 0 Å². The van der Waals surface area contributed by atoms with E-state index in [0.717, 1.165) is 12.0 Å². The summed E-state index contributed by atoms with van der Waals surface area (Å²) in [5.74, 6) is 0. The molecule has 2 fully saturated rings. The first-order valence-corrected chi connectivity index (χ1v) is 6.89. The zero-order valence-corrected chi connectivity index (χ0v) is 11.3. The van der Waals surface area contributed by atoms with E-state index in [1.165, 1.54) is 0 Å². The van der Waals surface area contributed by atoms with E-state index in [1.54, 1.807) is 0 Å². The van der Waals surface area contributed by atoms with E-state index in [2.05, 4.69) is 0 Å². The van der Waals surface area contributed by atoms with E-state index in [4.69, 9.17) is 25.8 Å². The Kier molecular flexibility index (Phi) is 3.78. The minimum atomic E-state index is -0.618. The number of epoxide rings is 1. The minimum absolute atomic E-state index is 0.0634. The molecule has 104 valence electrons. The lowest BCUT2D eigenvalue weighted by molar-refractivity contribution is -0.189. The van der Waals surface area contributed by atoms with Gasteiger partial charge in [0.25, 0.3) is 0 Å². The summed E-state index contributed by atoms with van der Waals surface area (Å²) in [6, 6.07) is 7.54. The highest BCUT2D eigenvalue weighted by Crippen LogP contribution is 2.54. The fraction of sp³-hybridized carbons (Fsp3) is 0.571. The van der Waals surface area contributed by atoms with Crippen molar-refractivity contribution in [2.45, 2.75) is 30.8 Å². The highest BCUT2D eigenvalue weighted by molar-refractivity contribution is 6.31. The van der Waals surface area contributed by atoms with Crippen molar-refractivity contribution >= 4 is 11.6 Å². The molecule has 0 radical (unpaired) electrons. The number of aliphatic hydroxyl groups excluding tert-OH is 1. The Hall–Kier alpha value is -0.650. The largest absolute Gasteiger partial charge is 0.393 e. The van der Waals surface area contributed by atoms with Crippen molar-refractivity contribution < 1.29 is 19.3 Å². The molecule has 1 aromatic carbocycles. The fourth-order valence-corrected chi connectivity index (χ4v) is 2.75. The predicted octanol–water partition coefficient (Wildman–Crippen LogP) is 2.30. The molecule has 4 nitrogen and oxygen atoms in total. The molecular weight excluding hydrogens is 268 g/mol. The van der Waals surface area contributed by atoms with E-state index in [1.807, 2.05) is 24.3 Å². The Morgan fingerprint density at radius 1 is 1.26 bits per heavy atom. The third-order valence-corrected chi connectivity index (χ3v) is 3.98. The molecule has 2 atom stereocenters. The van der Waals surface area contributed by atoms with Crippen LogP contribution in [0.25, 0.3) is 0 Å². The first-order valence-electron chi connectivity index (χ1n) is 6.51. The predicted molar refractivity (Wildman–Crippen MR) is 70.0 cm³/mol. The molecular formula is C14H17ClO4.